The molecule has 0 saturated carbocycles. The largest absolute Gasteiger partial charge is 0.334 e. The Bertz CT molecular complexity index is 1190. The first-order valence-electron chi connectivity index (χ1n) is 8.96. The summed E-state index contributed by atoms with van der Waals surface area (Å²) in [5.74, 6) is 0.505. The van der Waals surface area contributed by atoms with Gasteiger partial charge in [-0.1, -0.05) is 22.9 Å². The fraction of sp³-hybridized carbons (Fsp3) is 0.100. The Labute approximate surface area is 170 Å². The first-order chi connectivity index (χ1) is 14.5. The van der Waals surface area contributed by atoms with Crippen molar-refractivity contribution in [2.45, 2.75) is 13.5 Å². The van der Waals surface area contributed by atoms with E-state index in [2.05, 4.69) is 20.6 Å². The average molecular weight is 404 g/mol. The van der Waals surface area contributed by atoms with Gasteiger partial charge in [0.05, 0.1) is 4.92 Å². The summed E-state index contributed by atoms with van der Waals surface area (Å²) in [4.78, 5) is 26.6. The van der Waals surface area contributed by atoms with Crippen LogP contribution in [0.25, 0.3) is 22.8 Å². The molecule has 0 fully saturated rings. The fourth-order valence-corrected chi connectivity index (χ4v) is 2.74. The SMILES string of the molecule is Cc1ccc(-c2nc(-c3ccc(NC(=O)Cn4cc([N+](=O)[O-])cn4)cc3)no2)cc1. The molecule has 0 radical (unpaired) electrons. The highest BCUT2D eigenvalue weighted by Gasteiger charge is 2.13. The number of hydrogen-bond acceptors (Lipinski definition) is 7. The topological polar surface area (TPSA) is 129 Å². The minimum atomic E-state index is -0.567. The van der Waals surface area contributed by atoms with Crippen LogP contribution in [-0.2, 0) is 11.3 Å². The normalized spacial score (nSPS) is 10.7. The second kappa shape index (κ2) is 7.95. The van der Waals surface area contributed by atoms with Gasteiger partial charge in [-0.2, -0.15) is 10.1 Å². The molecule has 0 atom stereocenters. The van der Waals surface area contributed by atoms with Crippen LogP contribution in [0.2, 0.25) is 0 Å². The van der Waals surface area contributed by atoms with E-state index >= 15 is 0 Å². The molecule has 2 heterocycles. The lowest BCUT2D eigenvalue weighted by Gasteiger charge is -2.05. The Balaban J connectivity index is 1.41. The van der Waals surface area contributed by atoms with E-state index in [1.165, 1.54) is 10.9 Å². The molecule has 0 aliphatic rings. The van der Waals surface area contributed by atoms with Crippen LogP contribution < -0.4 is 5.32 Å². The van der Waals surface area contributed by atoms with Gasteiger partial charge in [-0.15, -0.1) is 0 Å². The quantitative estimate of drug-likeness (QED) is 0.385. The fourth-order valence-electron chi connectivity index (χ4n) is 2.74. The van der Waals surface area contributed by atoms with Gasteiger partial charge < -0.3 is 9.84 Å². The van der Waals surface area contributed by atoms with Crippen LogP contribution in [0.1, 0.15) is 5.56 Å². The standard InChI is InChI=1S/C20H16N6O4/c1-13-2-4-15(5-3-13)20-23-19(24-30-20)14-6-8-16(9-7-14)22-18(27)12-25-11-17(10-21-25)26(28)29/h2-11H,12H2,1H3,(H,22,27). The van der Waals surface area contributed by atoms with Crippen LogP contribution in [-0.4, -0.2) is 30.8 Å². The summed E-state index contributed by atoms with van der Waals surface area (Å²) in [5, 5.41) is 21.2. The average Bonchev–Trinajstić information content (AvgIpc) is 3.39. The zero-order chi connectivity index (χ0) is 21.1. The second-order valence-corrected chi connectivity index (χ2v) is 6.57. The van der Waals surface area contributed by atoms with Crippen molar-refractivity contribution < 1.29 is 14.2 Å². The number of rotatable bonds is 6. The minimum Gasteiger partial charge on any atom is -0.334 e. The first kappa shape index (κ1) is 19.0. The zero-order valence-corrected chi connectivity index (χ0v) is 15.8. The summed E-state index contributed by atoms with van der Waals surface area (Å²) in [6.45, 7) is 1.86. The van der Waals surface area contributed by atoms with Crippen molar-refractivity contribution in [3.8, 4) is 22.8 Å². The Hall–Kier alpha value is -4.34. The van der Waals surface area contributed by atoms with Crippen LogP contribution in [0, 0.1) is 17.0 Å². The maximum atomic E-state index is 12.1. The number of carbonyl (C=O) groups excluding carboxylic acids is 1. The molecule has 0 bridgehead atoms. The van der Waals surface area contributed by atoms with E-state index in [9.17, 15) is 14.9 Å². The van der Waals surface area contributed by atoms with E-state index in [4.69, 9.17) is 4.52 Å². The minimum absolute atomic E-state index is 0.139. The third-order valence-electron chi connectivity index (χ3n) is 4.29. The molecule has 0 saturated heterocycles. The summed E-state index contributed by atoms with van der Waals surface area (Å²) < 4.78 is 6.54. The first-order valence-corrected chi connectivity index (χ1v) is 8.96. The lowest BCUT2D eigenvalue weighted by Crippen LogP contribution is -2.18. The Kier molecular flexibility index (Phi) is 5.04. The molecule has 0 aliphatic carbocycles. The highest BCUT2D eigenvalue weighted by molar-refractivity contribution is 5.90. The zero-order valence-electron chi connectivity index (χ0n) is 15.8. The molecular weight excluding hydrogens is 388 g/mol. The van der Waals surface area contributed by atoms with Gasteiger partial charge in [-0.05, 0) is 43.3 Å². The number of aryl methyl sites for hydroxylation is 1. The van der Waals surface area contributed by atoms with Gasteiger partial charge in [0.2, 0.25) is 11.7 Å². The monoisotopic (exact) mass is 404 g/mol. The predicted octanol–water partition coefficient (Wildman–Crippen LogP) is 3.46. The van der Waals surface area contributed by atoms with E-state index in [0.29, 0.717) is 17.4 Å². The van der Waals surface area contributed by atoms with Crippen LogP contribution in [0.15, 0.2) is 65.4 Å². The van der Waals surface area contributed by atoms with Crippen molar-refractivity contribution in [2.75, 3.05) is 5.32 Å². The molecule has 4 rings (SSSR count). The molecule has 4 aromatic rings. The van der Waals surface area contributed by atoms with Gasteiger partial charge in [0.25, 0.3) is 5.89 Å². The van der Waals surface area contributed by atoms with Crippen molar-refractivity contribution in [1.29, 1.82) is 0 Å². The lowest BCUT2D eigenvalue weighted by atomic mass is 10.1. The van der Waals surface area contributed by atoms with Gasteiger partial charge in [0, 0.05) is 16.8 Å². The molecule has 10 heteroatoms. The molecule has 2 aromatic carbocycles. The van der Waals surface area contributed by atoms with Gasteiger partial charge in [-0.25, -0.2) is 0 Å². The van der Waals surface area contributed by atoms with E-state index in [-0.39, 0.29) is 18.1 Å². The van der Waals surface area contributed by atoms with Gasteiger partial charge >= 0.3 is 5.69 Å². The van der Waals surface area contributed by atoms with Crippen molar-refractivity contribution >= 4 is 17.3 Å². The number of nitrogens with one attached hydrogen (secondary N) is 1. The molecular formula is C20H16N6O4. The lowest BCUT2D eigenvalue weighted by molar-refractivity contribution is -0.385. The summed E-state index contributed by atoms with van der Waals surface area (Å²) in [6.07, 6.45) is 2.29. The Morgan fingerprint density at radius 1 is 1.13 bits per heavy atom. The van der Waals surface area contributed by atoms with Crippen LogP contribution >= 0.6 is 0 Å². The number of benzene rings is 2. The van der Waals surface area contributed by atoms with Crippen molar-refractivity contribution in [2.24, 2.45) is 0 Å². The molecule has 2 aromatic heterocycles. The number of nitro groups is 1. The smallest absolute Gasteiger partial charge is 0.307 e. The maximum Gasteiger partial charge on any atom is 0.307 e. The molecule has 1 amide bonds. The maximum absolute atomic E-state index is 12.1. The molecule has 0 aliphatic heterocycles. The van der Waals surface area contributed by atoms with E-state index in [0.717, 1.165) is 22.9 Å². The summed E-state index contributed by atoms with van der Waals surface area (Å²) >= 11 is 0. The molecule has 30 heavy (non-hydrogen) atoms. The molecule has 150 valence electrons. The highest BCUT2D eigenvalue weighted by Crippen LogP contribution is 2.23. The highest BCUT2D eigenvalue weighted by atomic mass is 16.6. The summed E-state index contributed by atoms with van der Waals surface area (Å²) in [6, 6.07) is 14.7. The molecule has 1 N–H and O–H groups in total. The van der Waals surface area contributed by atoms with E-state index in [1.54, 1.807) is 24.3 Å². The van der Waals surface area contributed by atoms with Crippen LogP contribution in [0.4, 0.5) is 11.4 Å². The third kappa shape index (κ3) is 4.22. The van der Waals surface area contributed by atoms with Gasteiger partial charge in [0.1, 0.15) is 18.9 Å². The number of anilines is 1. The third-order valence-corrected chi connectivity index (χ3v) is 4.29. The van der Waals surface area contributed by atoms with E-state index < -0.39 is 4.92 Å². The number of aromatic nitrogens is 4. The summed E-state index contributed by atoms with van der Waals surface area (Å²) in [5.41, 5.74) is 3.10. The van der Waals surface area contributed by atoms with E-state index in [1.807, 2.05) is 31.2 Å². The molecule has 0 unspecified atom stereocenters. The Morgan fingerprint density at radius 3 is 2.50 bits per heavy atom. The van der Waals surface area contributed by atoms with Crippen LogP contribution in [0.3, 0.4) is 0 Å². The summed E-state index contributed by atoms with van der Waals surface area (Å²) in [7, 11) is 0. The van der Waals surface area contributed by atoms with Crippen molar-refractivity contribution in [3.05, 3.63) is 76.6 Å². The number of hydrogen-bond donors (Lipinski definition) is 1. The Morgan fingerprint density at radius 2 is 1.83 bits per heavy atom. The second-order valence-electron chi connectivity index (χ2n) is 6.57. The molecule has 0 spiro atoms. The van der Waals surface area contributed by atoms with Crippen molar-refractivity contribution in [3.63, 3.8) is 0 Å². The number of nitrogens with zero attached hydrogens (tertiary/aromatic N) is 5. The number of carbonyl (C=O) groups is 1. The number of amides is 1. The van der Waals surface area contributed by atoms with Crippen molar-refractivity contribution in [1.82, 2.24) is 19.9 Å². The predicted molar refractivity (Wildman–Crippen MR) is 107 cm³/mol. The molecule has 10 nitrogen and oxygen atoms in total. The van der Waals surface area contributed by atoms with Crippen LogP contribution in [0.5, 0.6) is 0 Å². The van der Waals surface area contributed by atoms with Gasteiger partial charge in [-0.3, -0.25) is 19.6 Å². The van der Waals surface area contributed by atoms with Gasteiger partial charge in [0.15, 0.2) is 0 Å².